The number of rotatable bonds is 6. The Kier molecular flexibility index (Phi) is 12.1. The van der Waals surface area contributed by atoms with Crippen molar-refractivity contribution in [2.45, 2.75) is 4.55 Å². The molecule has 0 aliphatic rings. The number of benzene rings is 1. The molecule has 0 spiro atoms. The van der Waals surface area contributed by atoms with Crippen LogP contribution in [0.3, 0.4) is 0 Å². The number of likely N-dealkylation sites (N-methyl/N-ethyl adjacent to an activating group) is 1. The van der Waals surface area contributed by atoms with E-state index in [1.807, 2.05) is 25.1 Å². The van der Waals surface area contributed by atoms with Gasteiger partial charge in [-0.2, -0.15) is 0 Å². The molecule has 5 heteroatoms. The second-order valence-electron chi connectivity index (χ2n) is 4.10. The van der Waals surface area contributed by atoms with E-state index in [0.717, 1.165) is 17.2 Å². The first-order valence-corrected chi connectivity index (χ1v) is 9.27. The number of carbonyl (C=O) groups excluding carboxylic acids is 1. The van der Waals surface area contributed by atoms with E-state index in [1.165, 1.54) is 5.56 Å². The van der Waals surface area contributed by atoms with Crippen molar-refractivity contribution in [2.24, 2.45) is 0 Å². The summed E-state index contributed by atoms with van der Waals surface area (Å²) in [5.41, 5.74) is 1.37. The lowest BCUT2D eigenvalue weighted by Gasteiger charge is -2.07. The Labute approximate surface area is 129 Å². The van der Waals surface area contributed by atoms with Crippen LogP contribution in [0, 0.1) is 0 Å². The van der Waals surface area contributed by atoms with Crippen LogP contribution in [0.2, 0.25) is 0 Å². The van der Waals surface area contributed by atoms with Crippen LogP contribution >= 0.6 is 9.07 Å². The van der Waals surface area contributed by atoms with Crippen molar-refractivity contribution in [1.29, 1.82) is 0 Å². The highest BCUT2D eigenvalue weighted by atomic mass is 35.5. The molecular weight excluding hydrogens is 274 g/mol. The minimum Gasteiger partial charge on any atom is -0.461 e. The Morgan fingerprint density at radius 3 is 2.53 bits per heavy atom. The molecule has 0 heterocycles. The van der Waals surface area contributed by atoms with E-state index < -0.39 is 0 Å². The molecule has 0 radical (unpaired) electrons. The summed E-state index contributed by atoms with van der Waals surface area (Å²) in [6, 6.07) is 10.4. The number of ether oxygens (including phenoxy) is 1. The third-order valence-electron chi connectivity index (χ3n) is 2.18. The molecule has 1 aromatic carbocycles. The number of nitrogens with zero attached hydrogens (tertiary/aromatic N) is 1. The van der Waals surface area contributed by atoms with Crippen molar-refractivity contribution < 1.29 is 9.53 Å². The Morgan fingerprint density at radius 2 is 2.05 bits per heavy atom. The molecule has 1 aromatic rings. The van der Waals surface area contributed by atoms with Crippen molar-refractivity contribution in [3.8, 4) is 0 Å². The summed E-state index contributed by atoms with van der Waals surface area (Å²) in [6.45, 7) is 4.45. The monoisotopic (exact) mass is 293 g/mol. The van der Waals surface area contributed by atoms with Crippen LogP contribution in [0.1, 0.15) is 5.56 Å². The third kappa shape index (κ3) is 12.2. The molecule has 0 saturated carbocycles. The molecule has 0 amide bonds. The Hall–Kier alpha value is -0.554. The van der Waals surface area contributed by atoms with Gasteiger partial charge in [-0.1, -0.05) is 47.0 Å². The first kappa shape index (κ1) is 18.4. The summed E-state index contributed by atoms with van der Waals surface area (Å²) in [5, 5.41) is 0. The lowest BCUT2D eigenvalue weighted by Crippen LogP contribution is -2.19. The SMILES string of the molecule is C=CC(=O)OCCN(C)C.[Cl][Mg][CH2]c1ccccc1. The molecule has 0 N–H and O–H groups in total. The van der Waals surface area contributed by atoms with Gasteiger partial charge in [0.1, 0.15) is 6.61 Å². The Morgan fingerprint density at radius 1 is 1.42 bits per heavy atom. The number of esters is 1. The topological polar surface area (TPSA) is 29.5 Å². The van der Waals surface area contributed by atoms with Crippen LogP contribution in [0.25, 0.3) is 0 Å². The highest BCUT2D eigenvalue weighted by Gasteiger charge is 1.94. The molecule has 19 heavy (non-hydrogen) atoms. The van der Waals surface area contributed by atoms with Gasteiger partial charge in [-0.05, 0) is 14.1 Å². The van der Waals surface area contributed by atoms with Crippen molar-refractivity contribution in [3.63, 3.8) is 0 Å². The molecule has 1 rings (SSSR count). The molecular formula is C14H20ClMgNO2. The van der Waals surface area contributed by atoms with Crippen LogP contribution in [-0.2, 0) is 14.1 Å². The van der Waals surface area contributed by atoms with Crippen LogP contribution in [-0.4, -0.2) is 57.4 Å². The first-order chi connectivity index (χ1) is 9.10. The normalized spacial score (nSPS) is 9.05. The predicted octanol–water partition coefficient (Wildman–Crippen LogP) is 2.32. The molecule has 0 aliphatic heterocycles. The molecule has 0 fully saturated rings. The summed E-state index contributed by atoms with van der Waals surface area (Å²) in [5.74, 6) is -0.359. The summed E-state index contributed by atoms with van der Waals surface area (Å²) in [7, 11) is 9.51. The van der Waals surface area contributed by atoms with Crippen LogP contribution < -0.4 is 0 Å². The molecule has 102 valence electrons. The zero-order chi connectivity index (χ0) is 14.5. The smallest absolute Gasteiger partial charge is 0.461 e. The van der Waals surface area contributed by atoms with E-state index in [0.29, 0.717) is 6.61 Å². The van der Waals surface area contributed by atoms with Gasteiger partial charge < -0.3 is 18.7 Å². The average molecular weight is 294 g/mol. The Balaban J connectivity index is 0.000000342. The fourth-order valence-corrected chi connectivity index (χ4v) is 2.35. The quantitative estimate of drug-likeness (QED) is 0.458. The van der Waals surface area contributed by atoms with Crippen LogP contribution in [0.5, 0.6) is 0 Å². The maximum absolute atomic E-state index is 10.4. The number of hydrogen-bond acceptors (Lipinski definition) is 3. The van der Waals surface area contributed by atoms with Crippen molar-refractivity contribution in [3.05, 3.63) is 48.6 Å². The second kappa shape index (κ2) is 12.5. The van der Waals surface area contributed by atoms with Gasteiger partial charge in [-0.3, -0.25) is 0 Å². The van der Waals surface area contributed by atoms with E-state index in [2.05, 4.69) is 30.8 Å². The molecule has 0 aliphatic carbocycles. The zero-order valence-corrected chi connectivity index (χ0v) is 13.8. The second-order valence-corrected chi connectivity index (χ2v) is 6.11. The lowest BCUT2D eigenvalue weighted by atomic mass is 10.2. The summed E-state index contributed by atoms with van der Waals surface area (Å²) in [4.78, 5) is 12.4. The van der Waals surface area contributed by atoms with Crippen molar-refractivity contribution >= 4 is 34.3 Å². The minimum atomic E-state index is -0.359. The van der Waals surface area contributed by atoms with Gasteiger partial charge in [-0.25, -0.2) is 4.79 Å². The van der Waals surface area contributed by atoms with Crippen LogP contribution in [0.4, 0.5) is 0 Å². The number of halogens is 1. The van der Waals surface area contributed by atoms with E-state index >= 15 is 0 Å². The fourth-order valence-electron chi connectivity index (χ4n) is 1.14. The van der Waals surface area contributed by atoms with E-state index in [9.17, 15) is 4.79 Å². The largest absolute Gasteiger partial charge is 0.505 e. The van der Waals surface area contributed by atoms with E-state index in [-0.39, 0.29) is 25.2 Å². The molecule has 0 saturated heterocycles. The van der Waals surface area contributed by atoms with Gasteiger partial charge >= 0.3 is 25.2 Å². The molecule has 3 nitrogen and oxygen atoms in total. The maximum atomic E-state index is 10.4. The standard InChI is InChI=1S/C7H13NO2.C7H7.ClH.Mg/c1-4-7(9)10-6-5-8(2)3;1-7-5-3-2-4-6-7;;/h4H,1,5-6H2,2-3H3;2-6H,1H2;1H;/q;;;+1/p-1. The average Bonchev–Trinajstić information content (AvgIpc) is 2.40. The summed E-state index contributed by atoms with van der Waals surface area (Å²) < 4.78 is 5.82. The molecule has 0 bridgehead atoms. The molecule has 0 atom stereocenters. The number of carbonyl (C=O) groups is 1. The van der Waals surface area contributed by atoms with Gasteiger partial charge in [0.15, 0.2) is 0 Å². The molecule has 0 unspecified atom stereocenters. The highest BCUT2D eigenvalue weighted by molar-refractivity contribution is 6.93. The third-order valence-corrected chi connectivity index (χ3v) is 3.51. The van der Waals surface area contributed by atoms with Gasteiger partial charge in [0.25, 0.3) is 0 Å². The minimum absolute atomic E-state index is 0.312. The van der Waals surface area contributed by atoms with Gasteiger partial charge in [-0.15, -0.1) is 0 Å². The zero-order valence-electron chi connectivity index (χ0n) is 11.6. The maximum Gasteiger partial charge on any atom is 0.505 e. The molecule has 0 aromatic heterocycles. The van der Waals surface area contributed by atoms with Gasteiger partial charge in [0, 0.05) is 12.6 Å². The summed E-state index contributed by atoms with van der Waals surface area (Å²) >= 11 is -0.312. The van der Waals surface area contributed by atoms with Crippen molar-refractivity contribution in [1.82, 2.24) is 4.90 Å². The van der Waals surface area contributed by atoms with Gasteiger partial charge in [0.05, 0.1) is 0 Å². The van der Waals surface area contributed by atoms with Crippen LogP contribution in [0.15, 0.2) is 43.0 Å². The summed E-state index contributed by atoms with van der Waals surface area (Å²) in [6.07, 6.45) is 1.16. The fraction of sp³-hybridized carbons (Fsp3) is 0.357. The highest BCUT2D eigenvalue weighted by Crippen LogP contribution is 1.98. The van der Waals surface area contributed by atoms with E-state index in [4.69, 9.17) is 13.8 Å². The number of hydrogen-bond donors (Lipinski definition) is 0. The van der Waals surface area contributed by atoms with Crippen molar-refractivity contribution in [2.75, 3.05) is 27.2 Å². The Bertz CT molecular complexity index is 358. The lowest BCUT2D eigenvalue weighted by molar-refractivity contribution is -0.137. The van der Waals surface area contributed by atoms with E-state index in [1.54, 1.807) is 0 Å². The first-order valence-electron chi connectivity index (χ1n) is 6.14. The van der Waals surface area contributed by atoms with Gasteiger partial charge in [0.2, 0.25) is 0 Å². The predicted molar refractivity (Wildman–Crippen MR) is 81.5 cm³/mol.